The van der Waals surface area contributed by atoms with Crippen molar-refractivity contribution < 1.29 is 14.3 Å². The van der Waals surface area contributed by atoms with E-state index >= 15 is 0 Å². The number of benzene rings is 2. The van der Waals surface area contributed by atoms with Crippen LogP contribution in [0.5, 0.6) is 11.5 Å². The van der Waals surface area contributed by atoms with Crippen LogP contribution in [0.4, 0.5) is 5.69 Å². The van der Waals surface area contributed by atoms with Crippen LogP contribution >= 0.6 is 11.8 Å². The molecule has 1 amide bonds. The highest BCUT2D eigenvalue weighted by Gasteiger charge is 2.24. The predicted octanol–water partition coefficient (Wildman–Crippen LogP) is 3.90. The zero-order valence-corrected chi connectivity index (χ0v) is 15.0. The fourth-order valence-electron chi connectivity index (χ4n) is 2.36. The summed E-state index contributed by atoms with van der Waals surface area (Å²) in [5, 5.41) is 3.37. The van der Waals surface area contributed by atoms with Crippen LogP contribution in [0.2, 0.25) is 0 Å². The van der Waals surface area contributed by atoms with Crippen LogP contribution < -0.4 is 14.8 Å². The SMILES string of the molecule is COc1ccc(/C=C2\SC(=Nc3ccccc3C)NC2=O)c(OC)c1. The number of rotatable bonds is 4. The molecule has 6 heteroatoms. The van der Waals surface area contributed by atoms with Crippen LogP contribution in [-0.2, 0) is 4.79 Å². The molecule has 128 valence electrons. The third kappa shape index (κ3) is 3.85. The van der Waals surface area contributed by atoms with E-state index in [1.54, 1.807) is 26.4 Å². The van der Waals surface area contributed by atoms with Crippen molar-refractivity contribution >= 4 is 34.6 Å². The van der Waals surface area contributed by atoms with Gasteiger partial charge >= 0.3 is 0 Å². The fourth-order valence-corrected chi connectivity index (χ4v) is 3.18. The summed E-state index contributed by atoms with van der Waals surface area (Å²) >= 11 is 1.31. The number of thioether (sulfide) groups is 1. The second-order valence-electron chi connectivity index (χ2n) is 5.38. The van der Waals surface area contributed by atoms with Crippen LogP contribution in [0.1, 0.15) is 11.1 Å². The van der Waals surface area contributed by atoms with E-state index in [2.05, 4.69) is 10.3 Å². The number of nitrogens with zero attached hydrogens (tertiary/aromatic N) is 1. The molecular formula is C19H18N2O3S. The van der Waals surface area contributed by atoms with Crippen molar-refractivity contribution in [3.05, 3.63) is 58.5 Å². The van der Waals surface area contributed by atoms with E-state index in [1.807, 2.05) is 43.3 Å². The van der Waals surface area contributed by atoms with E-state index in [9.17, 15) is 4.79 Å². The molecular weight excluding hydrogens is 336 g/mol. The molecule has 5 nitrogen and oxygen atoms in total. The van der Waals surface area contributed by atoms with E-state index in [0.717, 1.165) is 16.8 Å². The second kappa shape index (κ2) is 7.44. The summed E-state index contributed by atoms with van der Waals surface area (Å²) in [5.74, 6) is 1.17. The summed E-state index contributed by atoms with van der Waals surface area (Å²) in [7, 11) is 3.19. The first-order chi connectivity index (χ1) is 12.1. The molecule has 0 spiro atoms. The van der Waals surface area contributed by atoms with Gasteiger partial charge in [0.25, 0.3) is 5.91 Å². The van der Waals surface area contributed by atoms with Crippen molar-refractivity contribution in [1.29, 1.82) is 0 Å². The topological polar surface area (TPSA) is 59.9 Å². The molecule has 1 saturated heterocycles. The normalized spacial score (nSPS) is 17.0. The van der Waals surface area contributed by atoms with Gasteiger partial charge in [-0.05, 0) is 48.5 Å². The van der Waals surface area contributed by atoms with Crippen molar-refractivity contribution in [1.82, 2.24) is 5.32 Å². The summed E-state index contributed by atoms with van der Waals surface area (Å²) in [4.78, 5) is 17.3. The minimum atomic E-state index is -0.171. The Hall–Kier alpha value is -2.73. The molecule has 0 saturated carbocycles. The number of amidine groups is 1. The monoisotopic (exact) mass is 354 g/mol. The summed E-state index contributed by atoms with van der Waals surface area (Å²) in [5.41, 5.74) is 2.70. The first kappa shape index (κ1) is 17.1. The van der Waals surface area contributed by atoms with Gasteiger partial charge in [0.05, 0.1) is 24.8 Å². The summed E-state index contributed by atoms with van der Waals surface area (Å²) < 4.78 is 10.6. The average Bonchev–Trinajstić information content (AvgIpc) is 2.96. The molecule has 25 heavy (non-hydrogen) atoms. The highest BCUT2D eigenvalue weighted by molar-refractivity contribution is 8.18. The van der Waals surface area contributed by atoms with Crippen molar-refractivity contribution in [2.45, 2.75) is 6.92 Å². The van der Waals surface area contributed by atoms with Crippen molar-refractivity contribution in [3.63, 3.8) is 0 Å². The van der Waals surface area contributed by atoms with Gasteiger partial charge in [-0.3, -0.25) is 4.79 Å². The number of para-hydroxylation sites is 1. The molecule has 0 radical (unpaired) electrons. The molecule has 1 N–H and O–H groups in total. The third-order valence-electron chi connectivity index (χ3n) is 3.72. The van der Waals surface area contributed by atoms with Gasteiger partial charge in [0.1, 0.15) is 11.5 Å². The van der Waals surface area contributed by atoms with Crippen molar-refractivity contribution in [3.8, 4) is 11.5 Å². The van der Waals surface area contributed by atoms with Gasteiger partial charge in [-0.15, -0.1) is 0 Å². The molecule has 1 heterocycles. The highest BCUT2D eigenvalue weighted by Crippen LogP contribution is 2.32. The fraction of sp³-hybridized carbons (Fsp3) is 0.158. The molecule has 0 bridgehead atoms. The standard InChI is InChI=1S/C19H18N2O3S/c1-12-6-4-5-7-15(12)20-19-21-18(22)17(25-19)10-13-8-9-14(23-2)11-16(13)24-3/h4-11H,1-3H3,(H,20,21,22)/b17-10-. The number of ether oxygens (including phenoxy) is 2. The zero-order chi connectivity index (χ0) is 17.8. The lowest BCUT2D eigenvalue weighted by atomic mass is 10.1. The molecule has 1 aliphatic rings. The molecule has 0 unspecified atom stereocenters. The molecule has 3 rings (SSSR count). The molecule has 0 atom stereocenters. The predicted molar refractivity (Wildman–Crippen MR) is 102 cm³/mol. The Balaban J connectivity index is 1.88. The summed E-state index contributed by atoms with van der Waals surface area (Å²) in [6.45, 7) is 1.99. The minimum absolute atomic E-state index is 0.171. The van der Waals surface area contributed by atoms with Crippen molar-refractivity contribution in [2.24, 2.45) is 4.99 Å². The number of aryl methyl sites for hydroxylation is 1. The van der Waals surface area contributed by atoms with Gasteiger partial charge in [-0.1, -0.05) is 18.2 Å². The molecule has 1 aliphatic heterocycles. The van der Waals surface area contributed by atoms with E-state index in [0.29, 0.717) is 21.6 Å². The van der Waals surface area contributed by atoms with Crippen LogP contribution in [0.25, 0.3) is 6.08 Å². The van der Waals surface area contributed by atoms with Gasteiger partial charge in [0, 0.05) is 11.6 Å². The molecule has 1 fully saturated rings. The number of carbonyl (C=O) groups is 1. The average molecular weight is 354 g/mol. The number of hydrogen-bond acceptors (Lipinski definition) is 5. The minimum Gasteiger partial charge on any atom is -0.497 e. The zero-order valence-electron chi connectivity index (χ0n) is 14.2. The number of hydrogen-bond donors (Lipinski definition) is 1. The largest absolute Gasteiger partial charge is 0.497 e. The number of amides is 1. The first-order valence-electron chi connectivity index (χ1n) is 7.68. The van der Waals surface area contributed by atoms with Crippen molar-refractivity contribution in [2.75, 3.05) is 14.2 Å². The van der Waals surface area contributed by atoms with Gasteiger partial charge in [0.2, 0.25) is 0 Å². The summed E-state index contributed by atoms with van der Waals surface area (Å²) in [6.07, 6.45) is 1.79. The number of methoxy groups -OCH3 is 2. The quantitative estimate of drug-likeness (QED) is 0.846. The molecule has 0 aliphatic carbocycles. The molecule has 2 aromatic carbocycles. The Labute approximate surface area is 150 Å². The Morgan fingerprint density at radius 1 is 1.12 bits per heavy atom. The Morgan fingerprint density at radius 3 is 2.64 bits per heavy atom. The lowest BCUT2D eigenvalue weighted by Crippen LogP contribution is -2.19. The highest BCUT2D eigenvalue weighted by atomic mass is 32.2. The number of nitrogens with one attached hydrogen (secondary N) is 1. The van der Waals surface area contributed by atoms with E-state index in [-0.39, 0.29) is 5.91 Å². The maximum atomic E-state index is 12.2. The molecule has 0 aromatic heterocycles. The van der Waals surface area contributed by atoms with E-state index < -0.39 is 0 Å². The maximum absolute atomic E-state index is 12.2. The van der Waals surface area contributed by atoms with Crippen LogP contribution in [-0.4, -0.2) is 25.3 Å². The van der Waals surface area contributed by atoms with Crippen LogP contribution in [0, 0.1) is 6.92 Å². The Morgan fingerprint density at radius 2 is 1.92 bits per heavy atom. The van der Waals surface area contributed by atoms with Crippen LogP contribution in [0.3, 0.4) is 0 Å². The molecule has 2 aromatic rings. The Bertz CT molecular complexity index is 875. The van der Waals surface area contributed by atoms with Crippen LogP contribution in [0.15, 0.2) is 52.4 Å². The van der Waals surface area contributed by atoms with Gasteiger partial charge in [-0.2, -0.15) is 0 Å². The van der Waals surface area contributed by atoms with Gasteiger partial charge < -0.3 is 14.8 Å². The summed E-state index contributed by atoms with van der Waals surface area (Å²) in [6, 6.07) is 13.3. The van der Waals surface area contributed by atoms with E-state index in [4.69, 9.17) is 9.47 Å². The maximum Gasteiger partial charge on any atom is 0.264 e. The Kier molecular flexibility index (Phi) is 5.09. The first-order valence-corrected chi connectivity index (χ1v) is 8.49. The smallest absolute Gasteiger partial charge is 0.264 e. The lowest BCUT2D eigenvalue weighted by molar-refractivity contribution is -0.115. The third-order valence-corrected chi connectivity index (χ3v) is 4.63. The van der Waals surface area contributed by atoms with E-state index in [1.165, 1.54) is 11.8 Å². The van der Waals surface area contributed by atoms with Gasteiger partial charge in [-0.25, -0.2) is 4.99 Å². The number of carbonyl (C=O) groups excluding carboxylic acids is 1. The number of aliphatic imine (C=N–C) groups is 1. The van der Waals surface area contributed by atoms with Gasteiger partial charge in [0.15, 0.2) is 5.17 Å². The second-order valence-corrected chi connectivity index (χ2v) is 6.41. The lowest BCUT2D eigenvalue weighted by Gasteiger charge is -2.07.